The van der Waals surface area contributed by atoms with Gasteiger partial charge < -0.3 is 45.9 Å². The number of hydrogen-bond donors (Lipinski definition) is 7. The van der Waals surface area contributed by atoms with Gasteiger partial charge in [0.25, 0.3) is 0 Å². The van der Waals surface area contributed by atoms with Crippen LogP contribution < -0.4 is 16.0 Å². The van der Waals surface area contributed by atoms with Crippen LogP contribution in [-0.4, -0.2) is 98.3 Å². The summed E-state index contributed by atoms with van der Waals surface area (Å²) in [6.45, 7) is 14.4. The number of carbonyl (C=O) groups is 6. The summed E-state index contributed by atoms with van der Waals surface area (Å²) in [6.07, 6.45) is 4.73. The highest BCUT2D eigenvalue weighted by Crippen LogP contribution is 2.46. The van der Waals surface area contributed by atoms with Crippen LogP contribution in [0.15, 0.2) is 0 Å². The van der Waals surface area contributed by atoms with E-state index in [-0.39, 0.29) is 35.7 Å². The second-order valence-corrected chi connectivity index (χ2v) is 15.0. The zero-order valence-electron chi connectivity index (χ0n) is 30.2. The van der Waals surface area contributed by atoms with Crippen molar-refractivity contribution >= 4 is 35.8 Å². The van der Waals surface area contributed by atoms with Crippen LogP contribution in [0.1, 0.15) is 126 Å². The number of hydrogen-bond acceptors (Lipinski definition) is 9. The molecule has 0 heterocycles. The van der Waals surface area contributed by atoms with Gasteiger partial charge in [-0.25, -0.2) is 14.4 Å². The first-order valence-corrected chi connectivity index (χ1v) is 17.1. The highest BCUT2D eigenvalue weighted by atomic mass is 16.6. The Labute approximate surface area is 289 Å². The number of urea groups is 1. The van der Waals surface area contributed by atoms with Gasteiger partial charge in [0.05, 0.1) is 17.1 Å². The Bertz CT molecular complexity index is 1150. The van der Waals surface area contributed by atoms with E-state index in [0.29, 0.717) is 51.7 Å². The van der Waals surface area contributed by atoms with Crippen LogP contribution in [-0.2, 0) is 33.4 Å². The van der Waals surface area contributed by atoms with Crippen LogP contribution in [0.2, 0.25) is 0 Å². The zero-order valence-corrected chi connectivity index (χ0v) is 30.2. The van der Waals surface area contributed by atoms with Crippen molar-refractivity contribution in [1.82, 2.24) is 16.0 Å². The molecule has 0 aliphatic heterocycles. The van der Waals surface area contributed by atoms with Gasteiger partial charge in [-0.2, -0.15) is 0 Å². The van der Waals surface area contributed by atoms with Gasteiger partial charge in [0.1, 0.15) is 17.7 Å². The molecule has 3 amide bonds. The third-order valence-corrected chi connectivity index (χ3v) is 9.48. The van der Waals surface area contributed by atoms with E-state index in [2.05, 4.69) is 16.0 Å². The Balaban J connectivity index is 2.25. The van der Waals surface area contributed by atoms with Crippen LogP contribution in [0.5, 0.6) is 0 Å². The van der Waals surface area contributed by atoms with Crippen LogP contribution in [0.25, 0.3) is 0 Å². The van der Waals surface area contributed by atoms with E-state index in [0.717, 1.165) is 19.3 Å². The van der Waals surface area contributed by atoms with Crippen LogP contribution in [0.3, 0.4) is 0 Å². The fourth-order valence-corrected chi connectivity index (χ4v) is 5.05. The minimum absolute atomic E-state index is 0.0522. The topological polar surface area (TPSA) is 238 Å². The Morgan fingerprint density at radius 2 is 1.37 bits per heavy atom. The first-order valence-electron chi connectivity index (χ1n) is 17.1. The van der Waals surface area contributed by atoms with Crippen molar-refractivity contribution in [3.05, 3.63) is 0 Å². The standard InChI is InChI=1S/C34H59N3O12/c1-31(2,33(5,6)49-29(45)22-21-34(22,7)47)18-20-48-32(3,4)17-11-8-9-14-25(38)35-19-12-10-13-23(27(41)42)36-30(46)37-24(28(43)44)15-16-26(39)40/h22-24,47H,8-21H2,1-7H3,(H,35,38)(H,39,40)(H,41,42)(H,43,44)(H2,36,37,46)/t22?,23-,24-,34?/m0/s1. The first kappa shape index (κ1) is 43.6. The molecule has 49 heavy (non-hydrogen) atoms. The molecule has 0 spiro atoms. The van der Waals surface area contributed by atoms with E-state index >= 15 is 0 Å². The smallest absolute Gasteiger partial charge is 0.326 e. The molecule has 282 valence electrons. The molecule has 4 atom stereocenters. The lowest BCUT2D eigenvalue weighted by Gasteiger charge is -2.41. The van der Waals surface area contributed by atoms with Crippen molar-refractivity contribution in [1.29, 1.82) is 0 Å². The molecule has 1 aliphatic carbocycles. The molecule has 15 nitrogen and oxygen atoms in total. The first-order chi connectivity index (χ1) is 22.5. The molecule has 1 aliphatic rings. The van der Waals surface area contributed by atoms with Gasteiger partial charge in [0.2, 0.25) is 5.91 Å². The summed E-state index contributed by atoms with van der Waals surface area (Å²) in [6, 6.07) is -3.79. The summed E-state index contributed by atoms with van der Waals surface area (Å²) in [7, 11) is 0. The van der Waals surface area contributed by atoms with Crippen molar-refractivity contribution in [2.45, 2.75) is 154 Å². The quantitative estimate of drug-likeness (QED) is 0.0534. The van der Waals surface area contributed by atoms with E-state index in [1.54, 1.807) is 6.92 Å². The van der Waals surface area contributed by atoms with E-state index in [9.17, 15) is 39.0 Å². The van der Waals surface area contributed by atoms with Crippen molar-refractivity contribution in [3.63, 3.8) is 0 Å². The predicted molar refractivity (Wildman–Crippen MR) is 179 cm³/mol. The number of amides is 3. The van der Waals surface area contributed by atoms with Gasteiger partial charge in [0.15, 0.2) is 0 Å². The molecule has 0 radical (unpaired) electrons. The Kier molecular flexibility index (Phi) is 17.0. The maximum Gasteiger partial charge on any atom is 0.326 e. The van der Waals surface area contributed by atoms with Gasteiger partial charge in [-0.3, -0.25) is 14.4 Å². The van der Waals surface area contributed by atoms with Crippen molar-refractivity contribution in [2.24, 2.45) is 11.3 Å². The largest absolute Gasteiger partial charge is 0.481 e. The molecule has 7 N–H and O–H groups in total. The Morgan fingerprint density at radius 1 is 0.796 bits per heavy atom. The zero-order chi connectivity index (χ0) is 37.6. The van der Waals surface area contributed by atoms with Gasteiger partial charge >= 0.3 is 29.9 Å². The molecular formula is C34H59N3O12. The van der Waals surface area contributed by atoms with Gasteiger partial charge in [-0.1, -0.05) is 26.7 Å². The van der Waals surface area contributed by atoms with Crippen molar-refractivity contribution in [3.8, 4) is 0 Å². The van der Waals surface area contributed by atoms with Crippen molar-refractivity contribution in [2.75, 3.05) is 13.2 Å². The molecule has 1 rings (SSSR count). The average Bonchev–Trinajstić information content (AvgIpc) is 3.61. The molecule has 0 aromatic rings. The van der Waals surface area contributed by atoms with Crippen LogP contribution in [0, 0.1) is 11.3 Å². The molecule has 0 bridgehead atoms. The highest BCUT2D eigenvalue weighted by molar-refractivity contribution is 5.86. The fraction of sp³-hybridized carbons (Fsp3) is 0.824. The number of unbranched alkanes of at least 4 members (excludes halogenated alkanes) is 3. The van der Waals surface area contributed by atoms with E-state index in [1.165, 1.54) is 0 Å². The predicted octanol–water partition coefficient (Wildman–Crippen LogP) is 3.60. The highest BCUT2D eigenvalue weighted by Gasteiger charge is 2.56. The Hall–Kier alpha value is -3.46. The Morgan fingerprint density at radius 3 is 1.90 bits per heavy atom. The lowest BCUT2D eigenvalue weighted by molar-refractivity contribution is -0.174. The summed E-state index contributed by atoms with van der Waals surface area (Å²) in [5.74, 6) is -4.91. The number of nitrogens with one attached hydrogen (secondary N) is 3. The summed E-state index contributed by atoms with van der Waals surface area (Å²) >= 11 is 0. The number of carboxylic acids is 3. The molecule has 1 fully saturated rings. The van der Waals surface area contributed by atoms with E-state index in [4.69, 9.17) is 19.7 Å². The second-order valence-electron chi connectivity index (χ2n) is 15.0. The van der Waals surface area contributed by atoms with Gasteiger partial charge in [-0.15, -0.1) is 0 Å². The monoisotopic (exact) mass is 701 g/mol. The maximum atomic E-state index is 12.5. The lowest BCUT2D eigenvalue weighted by Crippen LogP contribution is -2.51. The number of aliphatic hydroxyl groups is 1. The van der Waals surface area contributed by atoms with Crippen LogP contribution >= 0.6 is 0 Å². The SMILES string of the molecule is CC(C)(CCCCCC(=O)NCCCC[C@H](NC(=O)N[C@@H](CCC(=O)O)C(=O)O)C(=O)O)OCCC(C)(C)C(C)(C)OC(=O)C1CC1(C)O. The lowest BCUT2D eigenvalue weighted by atomic mass is 9.74. The second kappa shape index (κ2) is 19.1. The molecule has 1 saturated carbocycles. The summed E-state index contributed by atoms with van der Waals surface area (Å²) in [5, 5.41) is 44.3. The third kappa shape index (κ3) is 16.7. The number of ether oxygens (including phenoxy) is 2. The molecule has 15 heteroatoms. The molecule has 0 aromatic carbocycles. The van der Waals surface area contributed by atoms with Gasteiger partial charge in [-0.05, 0) is 86.0 Å². The number of esters is 1. The number of carbonyl (C=O) groups excluding carboxylic acids is 3. The van der Waals surface area contributed by atoms with E-state index in [1.807, 2.05) is 41.5 Å². The molecule has 0 saturated heterocycles. The summed E-state index contributed by atoms with van der Waals surface area (Å²) < 4.78 is 12.0. The maximum absolute atomic E-state index is 12.5. The third-order valence-electron chi connectivity index (χ3n) is 9.48. The fourth-order valence-electron chi connectivity index (χ4n) is 5.05. The summed E-state index contributed by atoms with van der Waals surface area (Å²) in [5.41, 5.74) is -2.45. The average molecular weight is 702 g/mol. The van der Waals surface area contributed by atoms with Crippen LogP contribution in [0.4, 0.5) is 4.79 Å². The van der Waals surface area contributed by atoms with Gasteiger partial charge in [0, 0.05) is 31.4 Å². The minimum atomic E-state index is -1.48. The molecular weight excluding hydrogens is 642 g/mol. The van der Waals surface area contributed by atoms with Crippen molar-refractivity contribution < 1.29 is 58.7 Å². The van der Waals surface area contributed by atoms with E-state index < -0.39 is 59.6 Å². The number of carboxylic acid groups (broad SMARTS) is 3. The molecule has 0 aromatic heterocycles. The normalized spacial score (nSPS) is 18.9. The minimum Gasteiger partial charge on any atom is -0.481 e. The molecule has 2 unspecified atom stereocenters. The summed E-state index contributed by atoms with van der Waals surface area (Å²) in [4.78, 5) is 70.2. The number of aliphatic carboxylic acids is 3. The number of rotatable bonds is 25.